The molecule has 2 amide bonds. The second-order valence-corrected chi connectivity index (χ2v) is 8.81. The zero-order valence-electron chi connectivity index (χ0n) is 16.6. The van der Waals surface area contributed by atoms with Crippen molar-refractivity contribution in [3.63, 3.8) is 0 Å². The lowest BCUT2D eigenvalue weighted by molar-refractivity contribution is -0.133. The van der Waals surface area contributed by atoms with Crippen LogP contribution in [0.15, 0.2) is 64.4 Å². The monoisotopic (exact) mass is 439 g/mol. The third kappa shape index (κ3) is 4.15. The number of rotatable bonds is 6. The predicted octanol–water partition coefficient (Wildman–Crippen LogP) is 4.27. The Labute approximate surface area is 183 Å². The summed E-state index contributed by atoms with van der Waals surface area (Å²) in [5.41, 5.74) is 1.41. The van der Waals surface area contributed by atoms with Crippen molar-refractivity contribution in [3.8, 4) is 5.75 Å². The molecule has 1 aromatic carbocycles. The molecule has 0 saturated carbocycles. The second kappa shape index (κ2) is 8.81. The number of ether oxygens (including phenoxy) is 1. The van der Waals surface area contributed by atoms with Crippen LogP contribution in [0.4, 0.5) is 0 Å². The van der Waals surface area contributed by atoms with E-state index in [-0.39, 0.29) is 24.4 Å². The van der Waals surface area contributed by atoms with Crippen molar-refractivity contribution in [2.45, 2.75) is 12.5 Å². The molecular formula is C22H21N3O3S2. The zero-order valence-corrected chi connectivity index (χ0v) is 18.3. The zero-order chi connectivity index (χ0) is 21.1. The number of hydrogen-bond acceptors (Lipinski definition) is 6. The predicted molar refractivity (Wildman–Crippen MR) is 119 cm³/mol. The highest BCUT2D eigenvalue weighted by Gasteiger charge is 2.34. The standard InChI is InChI=1S/C22H21N3O3S2/c1-24(22(27)15-7-9-16(28-2)10-8-15)14-21(26)25-18(20-6-4-12-30-20)13-17(23-25)19-5-3-11-29-19/h3-12,18H,13-14H2,1-2H3/t18-/m0/s1. The SMILES string of the molecule is COc1ccc(C(=O)N(C)CC(=O)N2N=C(c3cccs3)C[C@H]2c2cccs2)cc1. The van der Waals surface area contributed by atoms with Crippen molar-refractivity contribution in [2.75, 3.05) is 20.7 Å². The number of carbonyl (C=O) groups excluding carboxylic acids is 2. The summed E-state index contributed by atoms with van der Waals surface area (Å²) in [4.78, 5) is 29.4. The normalized spacial score (nSPS) is 15.7. The van der Waals surface area contributed by atoms with Crippen molar-refractivity contribution >= 4 is 40.2 Å². The van der Waals surface area contributed by atoms with Gasteiger partial charge in [-0.05, 0) is 47.2 Å². The van der Waals surface area contributed by atoms with Gasteiger partial charge in [-0.2, -0.15) is 5.10 Å². The fourth-order valence-electron chi connectivity index (χ4n) is 3.34. The molecule has 0 radical (unpaired) electrons. The first-order valence-electron chi connectivity index (χ1n) is 9.43. The molecule has 154 valence electrons. The van der Waals surface area contributed by atoms with Crippen molar-refractivity contribution < 1.29 is 14.3 Å². The van der Waals surface area contributed by atoms with E-state index in [1.165, 1.54) is 4.90 Å². The second-order valence-electron chi connectivity index (χ2n) is 6.89. The van der Waals surface area contributed by atoms with Crippen LogP contribution in [-0.4, -0.2) is 48.1 Å². The molecule has 0 bridgehead atoms. The topological polar surface area (TPSA) is 62.2 Å². The average molecular weight is 440 g/mol. The van der Waals surface area contributed by atoms with Gasteiger partial charge in [0.1, 0.15) is 12.3 Å². The van der Waals surface area contributed by atoms with Gasteiger partial charge >= 0.3 is 0 Å². The minimum absolute atomic E-state index is 0.0477. The number of nitrogens with zero attached hydrogens (tertiary/aromatic N) is 3. The van der Waals surface area contributed by atoms with Gasteiger partial charge < -0.3 is 9.64 Å². The lowest BCUT2D eigenvalue weighted by atomic mass is 10.1. The van der Waals surface area contributed by atoms with Gasteiger partial charge in [-0.25, -0.2) is 5.01 Å². The summed E-state index contributed by atoms with van der Waals surface area (Å²) >= 11 is 3.22. The summed E-state index contributed by atoms with van der Waals surface area (Å²) in [6, 6.07) is 14.7. The maximum Gasteiger partial charge on any atom is 0.262 e. The summed E-state index contributed by atoms with van der Waals surface area (Å²) in [6.07, 6.45) is 0.670. The Hall–Kier alpha value is -2.97. The molecule has 3 heterocycles. The highest BCUT2D eigenvalue weighted by Crippen LogP contribution is 2.36. The summed E-state index contributed by atoms with van der Waals surface area (Å²) in [5, 5.41) is 10.2. The molecule has 1 aliphatic rings. The highest BCUT2D eigenvalue weighted by atomic mass is 32.1. The van der Waals surface area contributed by atoms with Gasteiger partial charge in [0.2, 0.25) is 0 Å². The van der Waals surface area contributed by atoms with E-state index in [2.05, 4.69) is 5.10 Å². The van der Waals surface area contributed by atoms with Gasteiger partial charge in [0, 0.05) is 23.9 Å². The molecule has 0 aliphatic carbocycles. The molecule has 1 atom stereocenters. The number of likely N-dealkylation sites (N-methyl/N-ethyl adjacent to an activating group) is 1. The molecule has 4 rings (SSSR count). The van der Waals surface area contributed by atoms with Crippen LogP contribution < -0.4 is 4.74 Å². The molecule has 3 aromatic rings. The molecule has 1 aliphatic heterocycles. The van der Waals surface area contributed by atoms with Crippen molar-refractivity contribution in [1.82, 2.24) is 9.91 Å². The minimum atomic E-state index is -0.222. The summed E-state index contributed by atoms with van der Waals surface area (Å²) in [5.74, 6) is 0.251. The Morgan fingerprint density at radius 3 is 2.50 bits per heavy atom. The first-order valence-corrected chi connectivity index (χ1v) is 11.2. The van der Waals surface area contributed by atoms with Crippen molar-refractivity contribution in [3.05, 3.63) is 74.6 Å². The number of thiophene rings is 2. The van der Waals surface area contributed by atoms with Gasteiger partial charge in [0.05, 0.1) is 23.7 Å². The van der Waals surface area contributed by atoms with Crippen LogP contribution in [-0.2, 0) is 4.79 Å². The van der Waals surface area contributed by atoms with Crippen molar-refractivity contribution in [1.29, 1.82) is 0 Å². The lowest BCUT2D eigenvalue weighted by Crippen LogP contribution is -2.39. The van der Waals surface area contributed by atoms with Crippen LogP contribution in [0.1, 0.15) is 32.6 Å². The van der Waals surface area contributed by atoms with E-state index >= 15 is 0 Å². The Morgan fingerprint density at radius 2 is 1.87 bits per heavy atom. The highest BCUT2D eigenvalue weighted by molar-refractivity contribution is 7.12. The Balaban J connectivity index is 1.51. The van der Waals surface area contributed by atoms with Crippen LogP contribution in [0.3, 0.4) is 0 Å². The van der Waals surface area contributed by atoms with Gasteiger partial charge in [-0.3, -0.25) is 9.59 Å². The Bertz CT molecular complexity index is 1040. The minimum Gasteiger partial charge on any atom is -0.497 e. The Morgan fingerprint density at radius 1 is 1.13 bits per heavy atom. The molecule has 30 heavy (non-hydrogen) atoms. The average Bonchev–Trinajstić information content (AvgIpc) is 3.53. The van der Waals surface area contributed by atoms with E-state index in [0.29, 0.717) is 17.7 Å². The number of carbonyl (C=O) groups is 2. The number of benzene rings is 1. The molecule has 0 fully saturated rings. The summed E-state index contributed by atoms with van der Waals surface area (Å²) < 4.78 is 5.13. The third-order valence-electron chi connectivity index (χ3n) is 4.90. The number of amides is 2. The van der Waals surface area contributed by atoms with Crippen LogP contribution >= 0.6 is 22.7 Å². The van der Waals surface area contributed by atoms with Gasteiger partial charge in [-0.15, -0.1) is 22.7 Å². The molecule has 0 spiro atoms. The number of methoxy groups -OCH3 is 1. The molecule has 0 N–H and O–H groups in total. The first kappa shape index (κ1) is 20.3. The van der Waals surface area contributed by atoms with Gasteiger partial charge in [-0.1, -0.05) is 12.1 Å². The third-order valence-corrected chi connectivity index (χ3v) is 6.79. The molecule has 0 unspecified atom stereocenters. The molecule has 6 nitrogen and oxygen atoms in total. The van der Waals surface area contributed by atoms with Gasteiger partial charge in [0.15, 0.2) is 0 Å². The maximum absolute atomic E-state index is 13.1. The molecular weight excluding hydrogens is 418 g/mol. The fourth-order valence-corrected chi connectivity index (χ4v) is 4.87. The van der Waals surface area contributed by atoms with E-state index < -0.39 is 0 Å². The van der Waals surface area contributed by atoms with Crippen molar-refractivity contribution in [2.24, 2.45) is 5.10 Å². The quantitative estimate of drug-likeness (QED) is 0.576. The smallest absolute Gasteiger partial charge is 0.262 e. The van der Waals surface area contributed by atoms with E-state index in [1.807, 2.05) is 35.0 Å². The fraction of sp³-hybridized carbons (Fsp3) is 0.227. The van der Waals surface area contributed by atoms with Crippen LogP contribution in [0.2, 0.25) is 0 Å². The Kier molecular flexibility index (Phi) is 5.96. The van der Waals surface area contributed by atoms with Crippen LogP contribution in [0.25, 0.3) is 0 Å². The molecule has 2 aromatic heterocycles. The van der Waals surface area contributed by atoms with E-state index in [4.69, 9.17) is 4.74 Å². The number of hydrogen-bond donors (Lipinski definition) is 0. The summed E-state index contributed by atoms with van der Waals surface area (Å²) in [6.45, 7) is -0.0477. The summed E-state index contributed by atoms with van der Waals surface area (Å²) in [7, 11) is 3.21. The van der Waals surface area contributed by atoms with Crippen LogP contribution in [0, 0.1) is 0 Å². The van der Waals surface area contributed by atoms with Gasteiger partial charge in [0.25, 0.3) is 11.8 Å². The molecule has 8 heteroatoms. The lowest BCUT2D eigenvalue weighted by Gasteiger charge is -2.24. The first-order chi connectivity index (χ1) is 14.6. The largest absolute Gasteiger partial charge is 0.497 e. The number of hydrazone groups is 1. The van der Waals surface area contributed by atoms with Crippen LogP contribution in [0.5, 0.6) is 5.75 Å². The van der Waals surface area contributed by atoms with E-state index in [1.54, 1.807) is 66.1 Å². The molecule has 0 saturated heterocycles. The maximum atomic E-state index is 13.1. The van der Waals surface area contributed by atoms with E-state index in [9.17, 15) is 9.59 Å². The van der Waals surface area contributed by atoms with E-state index in [0.717, 1.165) is 15.5 Å².